The number of amides is 1. The zero-order valence-corrected chi connectivity index (χ0v) is 16.6. The number of carbonyl (C=O) groups is 1. The lowest BCUT2D eigenvalue weighted by molar-refractivity contribution is -0.00447. The summed E-state index contributed by atoms with van der Waals surface area (Å²) in [6, 6.07) is 1.33. The first-order valence-corrected chi connectivity index (χ1v) is 9.69. The first-order valence-electron chi connectivity index (χ1n) is 9.69. The number of carbonyl (C=O) groups excluding carboxylic acids is 1. The molecule has 0 radical (unpaired) electrons. The fraction of sp³-hybridized carbons (Fsp3) is 0.700. The summed E-state index contributed by atoms with van der Waals surface area (Å²) in [5.41, 5.74) is 0.497. The maximum atomic E-state index is 14.2. The van der Waals surface area contributed by atoms with E-state index in [0.717, 1.165) is 12.8 Å². The molecule has 2 fully saturated rings. The molecule has 2 atom stereocenters. The number of hydrogen-bond acceptors (Lipinski definition) is 5. The number of aliphatic hydroxyl groups is 1. The summed E-state index contributed by atoms with van der Waals surface area (Å²) >= 11 is 0. The third-order valence-electron chi connectivity index (χ3n) is 5.03. The molecule has 0 bridgehead atoms. The molecule has 1 saturated heterocycles. The van der Waals surface area contributed by atoms with Crippen molar-refractivity contribution in [2.45, 2.75) is 64.2 Å². The van der Waals surface area contributed by atoms with Gasteiger partial charge in [0, 0.05) is 44.0 Å². The molecule has 6 nitrogen and oxygen atoms in total. The van der Waals surface area contributed by atoms with Crippen molar-refractivity contribution < 1.29 is 19.0 Å². The van der Waals surface area contributed by atoms with Gasteiger partial charge in [0.1, 0.15) is 17.5 Å². The van der Waals surface area contributed by atoms with Crippen LogP contribution in [-0.4, -0.2) is 63.8 Å². The predicted octanol–water partition coefficient (Wildman–Crippen LogP) is 3.07. The first kappa shape index (κ1) is 20.0. The van der Waals surface area contributed by atoms with E-state index in [1.807, 2.05) is 27.7 Å². The van der Waals surface area contributed by atoms with Gasteiger partial charge >= 0.3 is 6.09 Å². The Labute approximate surface area is 160 Å². The van der Waals surface area contributed by atoms with E-state index in [-0.39, 0.29) is 18.0 Å². The minimum absolute atomic E-state index is 0.0252. The Balaban J connectivity index is 1.54. The normalized spacial score (nSPS) is 22.6. The quantitative estimate of drug-likeness (QED) is 0.871. The molecule has 2 heterocycles. The predicted molar refractivity (Wildman–Crippen MR) is 100.0 cm³/mol. The van der Waals surface area contributed by atoms with Gasteiger partial charge in [0.15, 0.2) is 0 Å². The molecule has 150 valence electrons. The third kappa shape index (κ3) is 5.17. The van der Waals surface area contributed by atoms with E-state index >= 15 is 0 Å². The van der Waals surface area contributed by atoms with Gasteiger partial charge in [-0.25, -0.2) is 9.18 Å². The molecule has 1 aliphatic heterocycles. The van der Waals surface area contributed by atoms with Crippen molar-refractivity contribution in [2.24, 2.45) is 0 Å². The minimum Gasteiger partial charge on any atom is -0.444 e. The van der Waals surface area contributed by atoms with E-state index in [9.17, 15) is 14.3 Å². The highest BCUT2D eigenvalue weighted by Gasteiger charge is 2.32. The van der Waals surface area contributed by atoms with Crippen LogP contribution in [0.25, 0.3) is 0 Å². The van der Waals surface area contributed by atoms with Crippen molar-refractivity contribution in [3.8, 4) is 0 Å². The summed E-state index contributed by atoms with van der Waals surface area (Å²) in [4.78, 5) is 20.3. The van der Waals surface area contributed by atoms with Gasteiger partial charge < -0.3 is 14.7 Å². The van der Waals surface area contributed by atoms with E-state index in [1.54, 1.807) is 11.1 Å². The topological polar surface area (TPSA) is 65.9 Å². The monoisotopic (exact) mass is 379 g/mol. The average molecular weight is 379 g/mol. The Morgan fingerprint density at radius 2 is 2.11 bits per heavy atom. The summed E-state index contributed by atoms with van der Waals surface area (Å²) in [7, 11) is 0. The minimum atomic E-state index is -0.854. The number of nitrogens with zero attached hydrogens (tertiary/aromatic N) is 3. The van der Waals surface area contributed by atoms with E-state index in [2.05, 4.69) is 9.88 Å². The highest BCUT2D eigenvalue weighted by molar-refractivity contribution is 5.68. The Bertz CT molecular complexity index is 688. The number of β-amino-alcohol motifs (C(OH)–C–C–N with tert-alkyl or cyclic N) is 1. The molecule has 0 aromatic carbocycles. The number of pyridine rings is 1. The van der Waals surface area contributed by atoms with Gasteiger partial charge in [-0.3, -0.25) is 9.88 Å². The van der Waals surface area contributed by atoms with Crippen LogP contribution in [0.4, 0.5) is 9.18 Å². The largest absolute Gasteiger partial charge is 0.444 e. The molecule has 2 aliphatic rings. The Morgan fingerprint density at radius 3 is 2.67 bits per heavy atom. The second-order valence-corrected chi connectivity index (χ2v) is 8.70. The van der Waals surface area contributed by atoms with E-state index in [0.29, 0.717) is 43.4 Å². The molecule has 0 unspecified atom stereocenters. The van der Waals surface area contributed by atoms with Gasteiger partial charge in [-0.1, -0.05) is 0 Å². The van der Waals surface area contributed by atoms with Gasteiger partial charge in [-0.2, -0.15) is 0 Å². The van der Waals surface area contributed by atoms with Crippen LogP contribution in [0, 0.1) is 5.82 Å². The highest BCUT2D eigenvalue weighted by Crippen LogP contribution is 2.41. The molecule has 3 rings (SSSR count). The van der Waals surface area contributed by atoms with Crippen LogP contribution in [0.5, 0.6) is 0 Å². The third-order valence-corrected chi connectivity index (χ3v) is 5.03. The highest BCUT2D eigenvalue weighted by atomic mass is 19.1. The summed E-state index contributed by atoms with van der Waals surface area (Å²) < 4.78 is 19.6. The van der Waals surface area contributed by atoms with Gasteiger partial charge in [0.05, 0.1) is 5.69 Å². The van der Waals surface area contributed by atoms with Gasteiger partial charge in [0.2, 0.25) is 0 Å². The fourth-order valence-electron chi connectivity index (χ4n) is 3.46. The van der Waals surface area contributed by atoms with Gasteiger partial charge in [-0.05, 0) is 52.5 Å². The molecule has 0 spiro atoms. The number of rotatable bonds is 4. The Hall–Kier alpha value is -1.73. The summed E-state index contributed by atoms with van der Waals surface area (Å²) in [6.45, 7) is 9.66. The number of piperazine rings is 1. The lowest BCUT2D eigenvalue weighted by Crippen LogP contribution is -2.55. The van der Waals surface area contributed by atoms with Gasteiger partial charge in [0.25, 0.3) is 0 Å². The molecular formula is C20H30FN3O3. The second kappa shape index (κ2) is 7.72. The van der Waals surface area contributed by atoms with Crippen molar-refractivity contribution >= 4 is 6.09 Å². The van der Waals surface area contributed by atoms with Gasteiger partial charge in [-0.15, -0.1) is 0 Å². The Kier molecular flexibility index (Phi) is 5.72. The van der Waals surface area contributed by atoms with E-state index in [4.69, 9.17) is 4.74 Å². The van der Waals surface area contributed by atoms with Crippen LogP contribution in [0.3, 0.4) is 0 Å². The lowest BCUT2D eigenvalue weighted by Gasteiger charge is -2.40. The fourth-order valence-corrected chi connectivity index (χ4v) is 3.46. The van der Waals surface area contributed by atoms with Crippen molar-refractivity contribution in [1.82, 2.24) is 14.8 Å². The smallest absolute Gasteiger partial charge is 0.410 e. The second-order valence-electron chi connectivity index (χ2n) is 8.70. The molecule has 1 N–H and O–H groups in total. The van der Waals surface area contributed by atoms with E-state index in [1.165, 1.54) is 6.07 Å². The first-order chi connectivity index (χ1) is 12.6. The molecule has 27 heavy (non-hydrogen) atoms. The number of aromatic nitrogens is 1. The van der Waals surface area contributed by atoms with Crippen LogP contribution < -0.4 is 0 Å². The van der Waals surface area contributed by atoms with Crippen molar-refractivity contribution in [1.29, 1.82) is 0 Å². The van der Waals surface area contributed by atoms with Crippen LogP contribution in [-0.2, 0) is 4.74 Å². The SMILES string of the molecule is C[C@@H]1CN(C[C@@H](O)c2cc(F)c(C3CC3)cn2)CCN1C(=O)OC(C)(C)C. The molecule has 7 heteroatoms. The molecule has 1 aromatic heterocycles. The maximum absolute atomic E-state index is 14.2. The Morgan fingerprint density at radius 1 is 1.41 bits per heavy atom. The number of ether oxygens (including phenoxy) is 1. The van der Waals surface area contributed by atoms with Crippen molar-refractivity contribution in [3.05, 3.63) is 29.3 Å². The molecule has 1 amide bonds. The summed E-state index contributed by atoms with van der Waals surface area (Å²) in [6.07, 6.45) is 2.43. The molecular weight excluding hydrogens is 349 g/mol. The maximum Gasteiger partial charge on any atom is 0.410 e. The average Bonchev–Trinajstić information content (AvgIpc) is 3.37. The molecule has 1 aliphatic carbocycles. The van der Waals surface area contributed by atoms with E-state index < -0.39 is 11.7 Å². The van der Waals surface area contributed by atoms with Crippen LogP contribution in [0.15, 0.2) is 12.3 Å². The van der Waals surface area contributed by atoms with Crippen molar-refractivity contribution in [3.63, 3.8) is 0 Å². The van der Waals surface area contributed by atoms with Crippen LogP contribution >= 0.6 is 0 Å². The van der Waals surface area contributed by atoms with Crippen molar-refractivity contribution in [2.75, 3.05) is 26.2 Å². The lowest BCUT2D eigenvalue weighted by atomic mass is 10.1. The van der Waals surface area contributed by atoms with Crippen LogP contribution in [0.1, 0.15) is 63.8 Å². The standard InChI is InChI=1S/C20H30FN3O3/c1-13-11-23(7-8-24(13)19(26)27-20(2,3)4)12-18(25)17-9-16(21)15(10-22-17)14-5-6-14/h9-10,13-14,18,25H,5-8,11-12H2,1-4H3/t13-,18-/m1/s1. The number of halogens is 1. The molecule has 1 saturated carbocycles. The zero-order chi connectivity index (χ0) is 19.8. The van der Waals surface area contributed by atoms with Crippen LogP contribution in [0.2, 0.25) is 0 Å². The number of aliphatic hydroxyl groups excluding tert-OH is 1. The zero-order valence-electron chi connectivity index (χ0n) is 16.6. The summed E-state index contributed by atoms with van der Waals surface area (Å²) in [5.74, 6) is 0.0233. The summed E-state index contributed by atoms with van der Waals surface area (Å²) in [5, 5.41) is 10.5. The molecule has 1 aromatic rings. The number of hydrogen-bond donors (Lipinski definition) is 1.